The molecule has 1 heterocycles. The summed E-state index contributed by atoms with van der Waals surface area (Å²) in [4.78, 5) is 18.6. The lowest BCUT2D eigenvalue weighted by atomic mass is 10.3. The molecule has 0 fully saturated rings. The third kappa shape index (κ3) is 3.41. The number of nitro benzene ring substituents is 1. The second kappa shape index (κ2) is 5.83. The highest BCUT2D eigenvalue weighted by Crippen LogP contribution is 2.30. The Kier molecular flexibility index (Phi) is 4.14. The number of benzene rings is 1. The van der Waals surface area contributed by atoms with Gasteiger partial charge in [-0.05, 0) is 19.1 Å². The van der Waals surface area contributed by atoms with E-state index in [9.17, 15) is 10.1 Å². The van der Waals surface area contributed by atoms with Gasteiger partial charge >= 0.3 is 5.69 Å². The number of aromatic nitrogens is 2. The van der Waals surface area contributed by atoms with Gasteiger partial charge in [-0.25, -0.2) is 9.97 Å². The Labute approximate surface area is 123 Å². The fourth-order valence-electron chi connectivity index (χ4n) is 1.62. The summed E-state index contributed by atoms with van der Waals surface area (Å²) in [6, 6.07) is 6.18. The first-order valence-electron chi connectivity index (χ1n) is 5.62. The molecule has 0 aliphatic heterocycles. The van der Waals surface area contributed by atoms with Crippen LogP contribution in [0.4, 0.5) is 11.5 Å². The summed E-state index contributed by atoms with van der Waals surface area (Å²) in [5, 5.41) is 10.9. The largest absolute Gasteiger partial charge is 0.479 e. The number of halogens is 1. The zero-order valence-electron chi connectivity index (χ0n) is 10.5. The maximum atomic E-state index is 10.9. The van der Waals surface area contributed by atoms with Gasteiger partial charge in [-0.3, -0.25) is 10.1 Å². The van der Waals surface area contributed by atoms with Crippen molar-refractivity contribution in [2.75, 3.05) is 5.73 Å². The van der Waals surface area contributed by atoms with Crippen LogP contribution < -0.4 is 10.5 Å². The maximum absolute atomic E-state index is 10.9. The minimum atomic E-state index is -0.508. The summed E-state index contributed by atoms with van der Waals surface area (Å²) < 4.78 is 6.01. The van der Waals surface area contributed by atoms with Gasteiger partial charge < -0.3 is 10.5 Å². The summed E-state index contributed by atoms with van der Waals surface area (Å²) in [7, 11) is 0. The van der Waals surface area contributed by atoms with Crippen LogP contribution in [0, 0.1) is 17.0 Å². The average Bonchev–Trinajstić information content (AvgIpc) is 2.36. The lowest BCUT2D eigenvalue weighted by Gasteiger charge is -2.07. The molecule has 0 spiro atoms. The number of rotatable bonds is 4. The van der Waals surface area contributed by atoms with Gasteiger partial charge in [-0.2, -0.15) is 0 Å². The minimum absolute atomic E-state index is 0.00829. The first-order valence-corrected chi connectivity index (χ1v) is 6.42. The quantitative estimate of drug-likeness (QED) is 0.678. The van der Waals surface area contributed by atoms with Crippen LogP contribution in [0.15, 0.2) is 28.7 Å². The number of nitro groups is 1. The Morgan fingerprint density at radius 2 is 2.15 bits per heavy atom. The molecule has 0 saturated carbocycles. The molecule has 1 aromatic carbocycles. The molecule has 1 aromatic heterocycles. The van der Waals surface area contributed by atoms with Crippen LogP contribution in [0.3, 0.4) is 0 Å². The second-order valence-electron chi connectivity index (χ2n) is 4.01. The van der Waals surface area contributed by atoms with E-state index in [-0.39, 0.29) is 18.0 Å². The Morgan fingerprint density at radius 3 is 2.80 bits per heavy atom. The van der Waals surface area contributed by atoms with E-state index in [1.165, 1.54) is 12.1 Å². The maximum Gasteiger partial charge on any atom is 0.312 e. The summed E-state index contributed by atoms with van der Waals surface area (Å²) >= 11 is 3.18. The molecular formula is C12H11BrN4O3. The van der Waals surface area contributed by atoms with E-state index in [0.717, 1.165) is 0 Å². The van der Waals surface area contributed by atoms with Crippen molar-refractivity contribution in [2.24, 2.45) is 0 Å². The molecule has 2 N–H and O–H groups in total. The molecule has 2 rings (SSSR count). The lowest BCUT2D eigenvalue weighted by Crippen LogP contribution is -2.06. The zero-order valence-corrected chi connectivity index (χ0v) is 12.1. The van der Waals surface area contributed by atoms with Crippen molar-refractivity contribution in [2.45, 2.75) is 13.5 Å². The summed E-state index contributed by atoms with van der Waals surface area (Å²) in [5.74, 6) is 0.864. The molecule has 0 radical (unpaired) electrons. The topological polar surface area (TPSA) is 104 Å². The molecule has 20 heavy (non-hydrogen) atoms. The van der Waals surface area contributed by atoms with Gasteiger partial charge in [0.05, 0.1) is 4.92 Å². The van der Waals surface area contributed by atoms with Crippen molar-refractivity contribution in [3.05, 3.63) is 50.4 Å². The number of ether oxygens (including phenoxy) is 1. The van der Waals surface area contributed by atoms with Crippen LogP contribution in [0.25, 0.3) is 0 Å². The van der Waals surface area contributed by atoms with E-state index >= 15 is 0 Å². The van der Waals surface area contributed by atoms with Gasteiger partial charge in [0.25, 0.3) is 0 Å². The highest BCUT2D eigenvalue weighted by molar-refractivity contribution is 9.10. The predicted octanol–water partition coefficient (Wildman–Crippen LogP) is 2.62. The number of nitrogens with zero attached hydrogens (tertiary/aromatic N) is 3. The third-order valence-corrected chi connectivity index (χ3v) is 2.89. The Balaban J connectivity index is 2.20. The van der Waals surface area contributed by atoms with E-state index in [2.05, 4.69) is 25.9 Å². The highest BCUT2D eigenvalue weighted by atomic mass is 79.9. The second-order valence-corrected chi connectivity index (χ2v) is 4.92. The van der Waals surface area contributed by atoms with E-state index in [0.29, 0.717) is 21.8 Å². The number of anilines is 1. The minimum Gasteiger partial charge on any atom is -0.479 e. The molecule has 0 unspecified atom stereocenters. The SMILES string of the molecule is Cc1cc(N)nc(COc2ccc(Br)cc2[N+](=O)[O-])n1. The summed E-state index contributed by atoms with van der Waals surface area (Å²) in [6.45, 7) is 1.79. The van der Waals surface area contributed by atoms with Crippen molar-refractivity contribution in [3.8, 4) is 5.75 Å². The van der Waals surface area contributed by atoms with Crippen LogP contribution >= 0.6 is 15.9 Å². The lowest BCUT2D eigenvalue weighted by molar-refractivity contribution is -0.386. The van der Waals surface area contributed by atoms with E-state index in [1.807, 2.05) is 0 Å². The van der Waals surface area contributed by atoms with Crippen molar-refractivity contribution < 1.29 is 9.66 Å². The molecule has 0 aliphatic rings. The van der Waals surface area contributed by atoms with E-state index < -0.39 is 4.92 Å². The van der Waals surface area contributed by atoms with Crippen LogP contribution in [0.5, 0.6) is 5.75 Å². The van der Waals surface area contributed by atoms with Crippen molar-refractivity contribution >= 4 is 27.4 Å². The van der Waals surface area contributed by atoms with Gasteiger partial charge in [0.15, 0.2) is 11.6 Å². The van der Waals surface area contributed by atoms with Gasteiger partial charge in [0.2, 0.25) is 0 Å². The monoisotopic (exact) mass is 338 g/mol. The molecule has 7 nitrogen and oxygen atoms in total. The fourth-order valence-corrected chi connectivity index (χ4v) is 1.97. The van der Waals surface area contributed by atoms with Crippen LogP contribution in [0.1, 0.15) is 11.5 Å². The van der Waals surface area contributed by atoms with Gasteiger partial charge in [-0.15, -0.1) is 0 Å². The molecule has 0 atom stereocenters. The number of hydrogen-bond acceptors (Lipinski definition) is 6. The molecule has 8 heteroatoms. The number of aryl methyl sites for hydroxylation is 1. The Bertz CT molecular complexity index is 643. The summed E-state index contributed by atoms with van der Waals surface area (Å²) in [5.41, 5.74) is 6.19. The Hall–Kier alpha value is -2.22. The fraction of sp³-hybridized carbons (Fsp3) is 0.167. The van der Waals surface area contributed by atoms with Crippen LogP contribution in [0.2, 0.25) is 0 Å². The smallest absolute Gasteiger partial charge is 0.312 e. The van der Waals surface area contributed by atoms with Gasteiger partial charge in [0.1, 0.15) is 12.4 Å². The van der Waals surface area contributed by atoms with Crippen LogP contribution in [-0.2, 0) is 6.61 Å². The Morgan fingerprint density at radius 1 is 1.40 bits per heavy atom. The number of nitrogens with two attached hydrogens (primary N) is 1. The van der Waals surface area contributed by atoms with E-state index in [4.69, 9.17) is 10.5 Å². The molecule has 0 aliphatic carbocycles. The van der Waals surface area contributed by atoms with Crippen molar-refractivity contribution in [1.82, 2.24) is 9.97 Å². The molecule has 0 saturated heterocycles. The van der Waals surface area contributed by atoms with E-state index in [1.54, 1.807) is 19.1 Å². The number of hydrogen-bond donors (Lipinski definition) is 1. The average molecular weight is 339 g/mol. The number of nitrogen functional groups attached to an aromatic ring is 1. The first-order chi connectivity index (χ1) is 9.45. The zero-order chi connectivity index (χ0) is 14.7. The molecule has 0 bridgehead atoms. The molecule has 2 aromatic rings. The highest BCUT2D eigenvalue weighted by Gasteiger charge is 2.16. The van der Waals surface area contributed by atoms with Crippen LogP contribution in [-0.4, -0.2) is 14.9 Å². The molecular weight excluding hydrogens is 328 g/mol. The third-order valence-electron chi connectivity index (χ3n) is 2.39. The molecule has 104 valence electrons. The summed E-state index contributed by atoms with van der Waals surface area (Å²) in [6.07, 6.45) is 0. The predicted molar refractivity (Wildman–Crippen MR) is 76.3 cm³/mol. The van der Waals surface area contributed by atoms with Crippen molar-refractivity contribution in [1.29, 1.82) is 0 Å². The first kappa shape index (κ1) is 14.2. The normalized spacial score (nSPS) is 10.3. The van der Waals surface area contributed by atoms with Crippen molar-refractivity contribution in [3.63, 3.8) is 0 Å². The molecule has 0 amide bonds. The van der Waals surface area contributed by atoms with Gasteiger partial charge in [0, 0.05) is 22.3 Å². The van der Waals surface area contributed by atoms with Gasteiger partial charge in [-0.1, -0.05) is 15.9 Å². The standard InChI is InChI=1S/C12H11BrN4O3/c1-7-4-11(14)16-12(15-7)6-20-10-3-2-8(13)5-9(10)17(18)19/h2-5H,6H2,1H3,(H2,14,15,16).